The molecule has 1 aromatic rings. The topological polar surface area (TPSA) is 38.3 Å². The molecule has 0 unspecified atom stereocenters. The highest BCUT2D eigenvalue weighted by Gasteiger charge is 2.16. The molecular weight excluding hydrogens is 250 g/mol. The van der Waals surface area contributed by atoms with Crippen molar-refractivity contribution in [3.05, 3.63) is 29.8 Å². The van der Waals surface area contributed by atoms with E-state index >= 15 is 0 Å². The van der Waals surface area contributed by atoms with Gasteiger partial charge in [-0.1, -0.05) is 51.8 Å². The number of para-hydroxylation sites is 1. The van der Waals surface area contributed by atoms with Crippen LogP contribution in [0.3, 0.4) is 0 Å². The van der Waals surface area contributed by atoms with Crippen LogP contribution in [0.25, 0.3) is 0 Å². The lowest BCUT2D eigenvalue weighted by Crippen LogP contribution is -2.37. The van der Waals surface area contributed by atoms with Crippen molar-refractivity contribution >= 4 is 5.91 Å². The lowest BCUT2D eigenvalue weighted by Gasteiger charge is -2.18. The fourth-order valence-corrected chi connectivity index (χ4v) is 2.04. The molecule has 0 radical (unpaired) electrons. The Kier molecular flexibility index (Phi) is 7.13. The van der Waals surface area contributed by atoms with Gasteiger partial charge in [-0.05, 0) is 30.9 Å². The molecule has 1 aromatic carbocycles. The van der Waals surface area contributed by atoms with Crippen LogP contribution in [0.1, 0.15) is 58.4 Å². The largest absolute Gasteiger partial charge is 0.481 e. The molecule has 0 aliphatic rings. The van der Waals surface area contributed by atoms with Crippen molar-refractivity contribution < 1.29 is 9.53 Å². The minimum Gasteiger partial charge on any atom is -0.481 e. The van der Waals surface area contributed by atoms with Gasteiger partial charge in [-0.25, -0.2) is 0 Å². The van der Waals surface area contributed by atoms with Crippen LogP contribution in [-0.2, 0) is 4.79 Å². The molecule has 20 heavy (non-hydrogen) atoms. The summed E-state index contributed by atoms with van der Waals surface area (Å²) in [4.78, 5) is 12.0. The third kappa shape index (κ3) is 5.24. The highest BCUT2D eigenvalue weighted by atomic mass is 16.5. The molecule has 0 aliphatic heterocycles. The van der Waals surface area contributed by atoms with E-state index in [4.69, 9.17) is 4.74 Å². The molecular formula is C17H27NO2. The Morgan fingerprint density at radius 1 is 1.20 bits per heavy atom. The van der Waals surface area contributed by atoms with Gasteiger partial charge in [0.15, 0.2) is 6.10 Å². The molecule has 0 aromatic heterocycles. The van der Waals surface area contributed by atoms with Crippen LogP contribution in [0.4, 0.5) is 0 Å². The number of rotatable bonds is 8. The Labute approximate surface area is 122 Å². The minimum atomic E-state index is -0.462. The number of benzene rings is 1. The van der Waals surface area contributed by atoms with E-state index in [1.165, 1.54) is 0 Å². The second-order valence-corrected chi connectivity index (χ2v) is 5.45. The molecule has 112 valence electrons. The molecule has 0 fully saturated rings. The molecule has 0 saturated heterocycles. The monoisotopic (exact) mass is 277 g/mol. The maximum atomic E-state index is 12.0. The zero-order valence-corrected chi connectivity index (χ0v) is 13.1. The minimum absolute atomic E-state index is 0.0420. The van der Waals surface area contributed by atoms with E-state index in [0.29, 0.717) is 5.92 Å². The summed E-state index contributed by atoms with van der Waals surface area (Å²) in [5, 5.41) is 2.92. The van der Waals surface area contributed by atoms with Crippen molar-refractivity contribution in [1.29, 1.82) is 0 Å². The summed E-state index contributed by atoms with van der Waals surface area (Å²) >= 11 is 0. The van der Waals surface area contributed by atoms with E-state index in [2.05, 4.69) is 26.1 Å². The number of unbranched alkanes of at least 4 members (excludes halogenated alkanes) is 2. The van der Waals surface area contributed by atoms with Gasteiger partial charge in [-0.15, -0.1) is 0 Å². The average molecular weight is 277 g/mol. The summed E-state index contributed by atoms with van der Waals surface area (Å²) < 4.78 is 5.81. The predicted molar refractivity (Wildman–Crippen MR) is 83.2 cm³/mol. The lowest BCUT2D eigenvalue weighted by atomic mass is 10.0. The van der Waals surface area contributed by atoms with Crippen molar-refractivity contribution in [3.8, 4) is 5.75 Å². The van der Waals surface area contributed by atoms with E-state index in [9.17, 15) is 4.79 Å². The van der Waals surface area contributed by atoms with Crippen LogP contribution in [0.2, 0.25) is 0 Å². The molecule has 0 aliphatic carbocycles. The van der Waals surface area contributed by atoms with Crippen LogP contribution >= 0.6 is 0 Å². The van der Waals surface area contributed by atoms with E-state index in [1.54, 1.807) is 6.92 Å². The molecule has 1 atom stereocenters. The number of carbonyl (C=O) groups is 1. The molecule has 0 bridgehead atoms. The Hall–Kier alpha value is -1.51. The maximum absolute atomic E-state index is 12.0. The van der Waals surface area contributed by atoms with Gasteiger partial charge in [0.05, 0.1) is 0 Å². The standard InChI is InChI=1S/C17H27NO2/c1-5-6-9-12-18-17(19)14(4)20-16-11-8-7-10-15(16)13(2)3/h7-8,10-11,13-14H,5-6,9,12H2,1-4H3,(H,18,19)/t14-/m0/s1. The van der Waals surface area contributed by atoms with Crippen molar-refractivity contribution in [3.63, 3.8) is 0 Å². The number of nitrogens with one attached hydrogen (secondary N) is 1. The zero-order valence-electron chi connectivity index (χ0n) is 13.1. The lowest BCUT2D eigenvalue weighted by molar-refractivity contribution is -0.127. The first kappa shape index (κ1) is 16.5. The second kappa shape index (κ2) is 8.62. The van der Waals surface area contributed by atoms with Gasteiger partial charge in [-0.3, -0.25) is 4.79 Å². The molecule has 3 heteroatoms. The summed E-state index contributed by atoms with van der Waals surface area (Å²) in [6, 6.07) is 7.91. The van der Waals surface area contributed by atoms with Gasteiger partial charge >= 0.3 is 0 Å². The predicted octanol–water partition coefficient (Wildman–Crippen LogP) is 3.88. The fraction of sp³-hybridized carbons (Fsp3) is 0.588. The summed E-state index contributed by atoms with van der Waals surface area (Å²) in [6.07, 6.45) is 2.86. The highest BCUT2D eigenvalue weighted by Crippen LogP contribution is 2.26. The third-order valence-corrected chi connectivity index (χ3v) is 3.29. The van der Waals surface area contributed by atoms with Gasteiger partial charge in [0.1, 0.15) is 5.75 Å². The quantitative estimate of drug-likeness (QED) is 0.732. The van der Waals surface area contributed by atoms with Crippen LogP contribution in [0, 0.1) is 0 Å². The SMILES string of the molecule is CCCCCNC(=O)[C@H](C)Oc1ccccc1C(C)C. The number of hydrogen-bond acceptors (Lipinski definition) is 2. The fourth-order valence-electron chi connectivity index (χ4n) is 2.04. The molecule has 1 N–H and O–H groups in total. The van der Waals surface area contributed by atoms with Crippen LogP contribution < -0.4 is 10.1 Å². The molecule has 0 saturated carbocycles. The van der Waals surface area contributed by atoms with Gasteiger partial charge in [0, 0.05) is 6.54 Å². The molecule has 0 spiro atoms. The Morgan fingerprint density at radius 3 is 2.55 bits per heavy atom. The smallest absolute Gasteiger partial charge is 0.260 e. The van der Waals surface area contributed by atoms with Gasteiger partial charge in [0.25, 0.3) is 5.91 Å². The van der Waals surface area contributed by atoms with Crippen LogP contribution in [0.15, 0.2) is 24.3 Å². The van der Waals surface area contributed by atoms with Gasteiger partial charge in [0.2, 0.25) is 0 Å². The van der Waals surface area contributed by atoms with E-state index in [1.807, 2.05) is 24.3 Å². The number of amides is 1. The summed E-state index contributed by atoms with van der Waals surface area (Å²) in [7, 11) is 0. The van der Waals surface area contributed by atoms with E-state index < -0.39 is 6.10 Å². The maximum Gasteiger partial charge on any atom is 0.260 e. The number of hydrogen-bond donors (Lipinski definition) is 1. The number of ether oxygens (including phenoxy) is 1. The molecule has 3 nitrogen and oxygen atoms in total. The Bertz CT molecular complexity index is 415. The summed E-state index contributed by atoms with van der Waals surface area (Å²) in [5.41, 5.74) is 1.14. The average Bonchev–Trinajstić information content (AvgIpc) is 2.43. The van der Waals surface area contributed by atoms with Crippen molar-refractivity contribution in [1.82, 2.24) is 5.32 Å². The first-order valence-corrected chi connectivity index (χ1v) is 7.59. The highest BCUT2D eigenvalue weighted by molar-refractivity contribution is 5.80. The van der Waals surface area contributed by atoms with Crippen molar-refractivity contribution in [2.75, 3.05) is 6.54 Å². The van der Waals surface area contributed by atoms with Crippen molar-refractivity contribution in [2.24, 2.45) is 0 Å². The first-order valence-electron chi connectivity index (χ1n) is 7.59. The van der Waals surface area contributed by atoms with Crippen molar-refractivity contribution in [2.45, 2.75) is 59.0 Å². The normalized spacial score (nSPS) is 12.2. The van der Waals surface area contributed by atoms with Crippen LogP contribution in [-0.4, -0.2) is 18.6 Å². The van der Waals surface area contributed by atoms with Crippen LogP contribution in [0.5, 0.6) is 5.75 Å². The summed E-state index contributed by atoms with van der Waals surface area (Å²) in [6.45, 7) is 8.92. The first-order chi connectivity index (χ1) is 9.56. The number of carbonyl (C=O) groups excluding carboxylic acids is 1. The van der Waals surface area contributed by atoms with E-state index in [-0.39, 0.29) is 5.91 Å². The Balaban J connectivity index is 2.53. The summed E-state index contributed by atoms with van der Waals surface area (Å²) in [5.74, 6) is 1.14. The van der Waals surface area contributed by atoms with Gasteiger partial charge < -0.3 is 10.1 Å². The second-order valence-electron chi connectivity index (χ2n) is 5.45. The molecule has 1 amide bonds. The van der Waals surface area contributed by atoms with E-state index in [0.717, 1.165) is 37.1 Å². The third-order valence-electron chi connectivity index (χ3n) is 3.29. The Morgan fingerprint density at radius 2 is 1.90 bits per heavy atom. The van der Waals surface area contributed by atoms with Gasteiger partial charge in [-0.2, -0.15) is 0 Å². The molecule has 1 rings (SSSR count). The zero-order chi connectivity index (χ0) is 15.0. The molecule has 0 heterocycles.